The van der Waals surface area contributed by atoms with Crippen molar-refractivity contribution >= 4 is 0 Å². The average molecular weight is 373 g/mol. The minimum atomic E-state index is -0.862. The summed E-state index contributed by atoms with van der Waals surface area (Å²) in [7, 11) is 0. The van der Waals surface area contributed by atoms with Gasteiger partial charge in [0.05, 0.1) is 0 Å². The highest BCUT2D eigenvalue weighted by Gasteiger charge is 2.64. The summed E-state index contributed by atoms with van der Waals surface area (Å²) in [5, 5.41) is 22.0. The third-order valence-electron chi connectivity index (χ3n) is 5.92. The first-order valence-electron chi connectivity index (χ1n) is 10.5. The summed E-state index contributed by atoms with van der Waals surface area (Å²) >= 11 is 0. The Morgan fingerprint density at radius 3 is 0.962 bits per heavy atom. The second-order valence-electron chi connectivity index (χ2n) is 8.13. The smallest absolute Gasteiger partial charge is 0.169 e. The van der Waals surface area contributed by atoms with Crippen molar-refractivity contribution in [2.45, 2.75) is 127 Å². The summed E-state index contributed by atoms with van der Waals surface area (Å²) in [6, 6.07) is 0. The summed E-state index contributed by atoms with van der Waals surface area (Å²) in [5.41, 5.74) is 0. The molecular formula is C20H36O6. The van der Waals surface area contributed by atoms with Crippen molar-refractivity contribution in [3.63, 3.8) is 0 Å². The Bertz CT molecular complexity index is 387. The summed E-state index contributed by atoms with van der Waals surface area (Å²) in [4.78, 5) is 0. The lowest BCUT2D eigenvalue weighted by Gasteiger charge is -2.38. The molecule has 2 aliphatic heterocycles. The van der Waals surface area contributed by atoms with Crippen molar-refractivity contribution in [2.75, 3.05) is 0 Å². The Morgan fingerprint density at radius 1 is 0.538 bits per heavy atom. The third kappa shape index (κ3) is 3.45. The Hall–Kier alpha value is -0.240. The fraction of sp³-hybridized carbons (Fsp3) is 1.00. The van der Waals surface area contributed by atoms with E-state index in [0.29, 0.717) is 0 Å². The van der Waals surface area contributed by atoms with E-state index in [1.54, 1.807) is 0 Å². The van der Waals surface area contributed by atoms with Crippen molar-refractivity contribution in [3.05, 3.63) is 0 Å². The summed E-state index contributed by atoms with van der Waals surface area (Å²) in [6.45, 7) is 8.35. The molecule has 2 saturated heterocycles. The molecule has 0 spiro atoms. The molecule has 6 nitrogen and oxygen atoms in total. The van der Waals surface area contributed by atoms with Crippen LogP contribution >= 0.6 is 0 Å². The molecule has 3 aliphatic rings. The molecule has 0 aromatic carbocycles. The van der Waals surface area contributed by atoms with Crippen molar-refractivity contribution < 1.29 is 29.2 Å². The number of hydrogen-bond acceptors (Lipinski definition) is 6. The van der Waals surface area contributed by atoms with Gasteiger partial charge in [0.25, 0.3) is 0 Å². The maximum Gasteiger partial charge on any atom is 0.169 e. The van der Waals surface area contributed by atoms with Crippen LogP contribution in [-0.2, 0) is 18.9 Å². The monoisotopic (exact) mass is 372 g/mol. The molecule has 1 aliphatic carbocycles. The van der Waals surface area contributed by atoms with E-state index < -0.39 is 48.2 Å². The number of aliphatic hydroxyl groups is 2. The highest BCUT2D eigenvalue weighted by atomic mass is 16.8. The molecule has 1 saturated carbocycles. The van der Waals surface area contributed by atoms with Crippen LogP contribution in [0.15, 0.2) is 0 Å². The first kappa shape index (κ1) is 20.5. The standard InChI is InChI=1S/C20H36O6/c1-5-9-19(10-6-2)23-15-13(21)17-18(14(22)16(15)24-19)26-20(25-17,11-7-3)12-8-4/h13-18,21-22H,5-12H2,1-4H3/t13?,14?,15-,16-,17-,18+/m0/s1. The van der Waals surface area contributed by atoms with Gasteiger partial charge in [0.15, 0.2) is 11.6 Å². The molecule has 2 unspecified atom stereocenters. The Balaban J connectivity index is 1.81. The van der Waals surface area contributed by atoms with Gasteiger partial charge in [0.1, 0.15) is 36.6 Å². The average Bonchev–Trinajstić information content (AvgIpc) is 3.15. The molecular weight excluding hydrogens is 336 g/mol. The minimum Gasteiger partial charge on any atom is -0.387 e. The number of aliphatic hydroxyl groups excluding tert-OH is 2. The van der Waals surface area contributed by atoms with Crippen LogP contribution in [0, 0.1) is 0 Å². The molecule has 0 radical (unpaired) electrons. The van der Waals surface area contributed by atoms with Gasteiger partial charge in [-0.05, 0) is 0 Å². The number of ether oxygens (including phenoxy) is 4. The van der Waals surface area contributed by atoms with E-state index in [1.165, 1.54) is 0 Å². The van der Waals surface area contributed by atoms with Gasteiger partial charge in [-0.1, -0.05) is 53.4 Å². The van der Waals surface area contributed by atoms with E-state index in [9.17, 15) is 10.2 Å². The van der Waals surface area contributed by atoms with Crippen molar-refractivity contribution in [1.29, 1.82) is 0 Å². The van der Waals surface area contributed by atoms with Gasteiger partial charge in [-0.3, -0.25) is 0 Å². The number of hydrogen-bond donors (Lipinski definition) is 2. The molecule has 3 rings (SSSR count). The first-order chi connectivity index (χ1) is 12.4. The maximum atomic E-state index is 11.0. The van der Waals surface area contributed by atoms with Crippen LogP contribution in [0.2, 0.25) is 0 Å². The fourth-order valence-corrected chi connectivity index (χ4v) is 4.99. The van der Waals surface area contributed by atoms with Crippen LogP contribution in [-0.4, -0.2) is 58.4 Å². The normalized spacial score (nSPS) is 40.4. The fourth-order valence-electron chi connectivity index (χ4n) is 4.99. The molecule has 3 fully saturated rings. The van der Waals surface area contributed by atoms with E-state index in [0.717, 1.165) is 51.4 Å². The zero-order valence-electron chi connectivity index (χ0n) is 16.6. The van der Waals surface area contributed by atoms with Gasteiger partial charge in [0, 0.05) is 25.7 Å². The molecule has 2 heterocycles. The lowest BCUT2D eigenvalue weighted by Crippen LogP contribution is -2.61. The molecule has 0 bridgehead atoms. The van der Waals surface area contributed by atoms with Crippen LogP contribution in [0.3, 0.4) is 0 Å². The summed E-state index contributed by atoms with van der Waals surface area (Å²) < 4.78 is 25.0. The van der Waals surface area contributed by atoms with Gasteiger partial charge >= 0.3 is 0 Å². The van der Waals surface area contributed by atoms with E-state index >= 15 is 0 Å². The van der Waals surface area contributed by atoms with Crippen LogP contribution < -0.4 is 0 Å². The quantitative estimate of drug-likeness (QED) is 0.682. The van der Waals surface area contributed by atoms with E-state index in [4.69, 9.17) is 18.9 Å². The zero-order valence-corrected chi connectivity index (χ0v) is 16.6. The minimum absolute atomic E-state index is 0.577. The molecule has 26 heavy (non-hydrogen) atoms. The SMILES string of the molecule is CCCC1(CCC)O[C@@H]2C(O)[C@@H]3OC(CCC)(CCC)O[C@H]3C(O)[C@@H]2O1. The summed E-state index contributed by atoms with van der Waals surface area (Å²) in [6.07, 6.45) is 2.64. The predicted octanol–water partition coefficient (Wildman–Crippen LogP) is 2.88. The number of rotatable bonds is 8. The lowest BCUT2D eigenvalue weighted by atomic mass is 9.85. The molecule has 0 aromatic heterocycles. The van der Waals surface area contributed by atoms with Crippen LogP contribution in [0.1, 0.15) is 79.1 Å². The van der Waals surface area contributed by atoms with Crippen molar-refractivity contribution in [3.8, 4) is 0 Å². The van der Waals surface area contributed by atoms with Gasteiger partial charge in [-0.15, -0.1) is 0 Å². The lowest BCUT2D eigenvalue weighted by molar-refractivity contribution is -0.216. The van der Waals surface area contributed by atoms with Gasteiger partial charge < -0.3 is 29.2 Å². The van der Waals surface area contributed by atoms with Crippen molar-refractivity contribution in [1.82, 2.24) is 0 Å². The zero-order chi connectivity index (χ0) is 18.9. The Kier molecular flexibility index (Phi) is 6.32. The van der Waals surface area contributed by atoms with Gasteiger partial charge in [-0.25, -0.2) is 0 Å². The molecule has 6 atom stereocenters. The van der Waals surface area contributed by atoms with Gasteiger partial charge in [0.2, 0.25) is 0 Å². The number of fused-ring (bicyclic) bond motifs is 2. The Labute approximate surface area is 157 Å². The topological polar surface area (TPSA) is 77.4 Å². The molecule has 152 valence electrons. The maximum absolute atomic E-state index is 11.0. The van der Waals surface area contributed by atoms with Crippen molar-refractivity contribution in [2.24, 2.45) is 0 Å². The second-order valence-corrected chi connectivity index (χ2v) is 8.13. The Morgan fingerprint density at radius 2 is 0.769 bits per heavy atom. The molecule has 6 heteroatoms. The molecule has 0 amide bonds. The summed E-state index contributed by atoms with van der Waals surface area (Å²) in [5.74, 6) is -1.44. The van der Waals surface area contributed by atoms with E-state index in [1.807, 2.05) is 0 Å². The first-order valence-corrected chi connectivity index (χ1v) is 10.5. The van der Waals surface area contributed by atoms with Gasteiger partial charge in [-0.2, -0.15) is 0 Å². The predicted molar refractivity (Wildman–Crippen MR) is 96.6 cm³/mol. The van der Waals surface area contributed by atoms with E-state index in [2.05, 4.69) is 27.7 Å². The van der Waals surface area contributed by atoms with Crippen LogP contribution in [0.25, 0.3) is 0 Å². The van der Waals surface area contributed by atoms with Crippen LogP contribution in [0.4, 0.5) is 0 Å². The van der Waals surface area contributed by atoms with E-state index in [-0.39, 0.29) is 0 Å². The highest BCUT2D eigenvalue weighted by Crippen LogP contribution is 2.48. The van der Waals surface area contributed by atoms with Crippen LogP contribution in [0.5, 0.6) is 0 Å². The third-order valence-corrected chi connectivity index (χ3v) is 5.92. The highest BCUT2D eigenvalue weighted by molar-refractivity contribution is 5.08. The molecule has 2 N–H and O–H groups in total. The molecule has 0 aromatic rings. The largest absolute Gasteiger partial charge is 0.387 e. The second kappa shape index (κ2) is 8.02.